The molecule has 28 heavy (non-hydrogen) atoms. The van der Waals surface area contributed by atoms with Crippen molar-refractivity contribution in [3.8, 4) is 0 Å². The number of fused-ring (bicyclic) bond motifs is 2. The second kappa shape index (κ2) is 7.64. The fourth-order valence-electron chi connectivity index (χ4n) is 4.42. The highest BCUT2D eigenvalue weighted by atomic mass is 15.3. The van der Waals surface area contributed by atoms with Gasteiger partial charge in [0.2, 0.25) is 0 Å². The van der Waals surface area contributed by atoms with Gasteiger partial charge in [-0.3, -0.25) is 19.2 Å². The van der Waals surface area contributed by atoms with Crippen molar-refractivity contribution >= 4 is 0 Å². The Labute approximate surface area is 169 Å². The van der Waals surface area contributed by atoms with E-state index < -0.39 is 0 Å². The molecular weight excluding hydrogens is 348 g/mol. The molecule has 4 heterocycles. The lowest BCUT2D eigenvalue weighted by atomic mass is 9.84. The maximum Gasteiger partial charge on any atom is 0.0684 e. The van der Waals surface area contributed by atoms with Crippen LogP contribution in [0.1, 0.15) is 69.2 Å². The molecule has 0 saturated carbocycles. The monoisotopic (exact) mass is 384 g/mol. The van der Waals surface area contributed by atoms with Crippen molar-refractivity contribution in [3.05, 3.63) is 34.9 Å². The predicted octanol–water partition coefficient (Wildman–Crippen LogP) is 3.22. The summed E-state index contributed by atoms with van der Waals surface area (Å²) in [5.74, 6) is 0.507. The normalized spacial score (nSPS) is 18.5. The summed E-state index contributed by atoms with van der Waals surface area (Å²) in [7, 11) is 2.19. The van der Waals surface area contributed by atoms with Crippen LogP contribution in [0.25, 0.3) is 0 Å². The molecule has 0 atom stereocenters. The second-order valence-corrected chi connectivity index (χ2v) is 9.68. The number of rotatable bonds is 6. The van der Waals surface area contributed by atoms with Crippen molar-refractivity contribution in [1.29, 1.82) is 0 Å². The van der Waals surface area contributed by atoms with Crippen LogP contribution in [0.15, 0.2) is 12.1 Å². The third-order valence-electron chi connectivity index (χ3n) is 6.45. The van der Waals surface area contributed by atoms with Gasteiger partial charge in [0.05, 0.1) is 35.9 Å². The van der Waals surface area contributed by atoms with E-state index in [-0.39, 0.29) is 5.41 Å². The molecule has 0 aromatic carbocycles. The fraction of sp³-hybridized carbons (Fsp3) is 0.727. The SMILES string of the molecule is CC(C)c1cc2n(n1)CCN(CCCC(C)(C)c1cc3n(n1)CCN(C)C3)C2. The highest BCUT2D eigenvalue weighted by molar-refractivity contribution is 5.19. The van der Waals surface area contributed by atoms with Gasteiger partial charge in [-0.25, -0.2) is 0 Å². The van der Waals surface area contributed by atoms with Crippen LogP contribution in [0.5, 0.6) is 0 Å². The van der Waals surface area contributed by atoms with E-state index in [1.165, 1.54) is 35.6 Å². The molecule has 154 valence electrons. The molecule has 2 aliphatic heterocycles. The molecule has 2 aromatic rings. The topological polar surface area (TPSA) is 42.1 Å². The van der Waals surface area contributed by atoms with E-state index in [0.29, 0.717) is 5.92 Å². The van der Waals surface area contributed by atoms with Gasteiger partial charge in [-0.1, -0.05) is 27.7 Å². The highest BCUT2D eigenvalue weighted by Gasteiger charge is 2.27. The molecule has 0 aliphatic carbocycles. The maximum atomic E-state index is 4.94. The minimum atomic E-state index is 0.130. The Kier molecular flexibility index (Phi) is 5.36. The first-order valence-corrected chi connectivity index (χ1v) is 10.9. The van der Waals surface area contributed by atoms with Gasteiger partial charge < -0.3 is 0 Å². The van der Waals surface area contributed by atoms with Crippen LogP contribution >= 0.6 is 0 Å². The van der Waals surface area contributed by atoms with Gasteiger partial charge in [0.15, 0.2) is 0 Å². The standard InChI is InChI=1S/C22H36N6/c1-17(2)20-13-18-16-26(10-12-27(18)23-20)8-6-7-22(3,4)21-14-19-15-25(5)9-11-28(19)24-21/h13-14,17H,6-12,15-16H2,1-5H3. The van der Waals surface area contributed by atoms with Gasteiger partial charge in [0, 0.05) is 31.6 Å². The summed E-state index contributed by atoms with van der Waals surface area (Å²) in [6, 6.07) is 4.63. The number of likely N-dealkylation sites (N-methyl/N-ethyl adjacent to an activating group) is 1. The molecule has 0 N–H and O–H groups in total. The number of hydrogen-bond acceptors (Lipinski definition) is 4. The Hall–Kier alpha value is -1.66. The molecule has 2 aromatic heterocycles. The first-order chi connectivity index (χ1) is 13.3. The zero-order chi connectivity index (χ0) is 19.9. The van der Waals surface area contributed by atoms with Crippen molar-refractivity contribution in [2.24, 2.45) is 0 Å². The minimum Gasteiger partial charge on any atom is -0.299 e. The summed E-state index contributed by atoms with van der Waals surface area (Å²) >= 11 is 0. The molecule has 0 saturated heterocycles. The first-order valence-electron chi connectivity index (χ1n) is 10.9. The second-order valence-electron chi connectivity index (χ2n) is 9.68. The lowest BCUT2D eigenvalue weighted by Gasteiger charge is -2.29. The summed E-state index contributed by atoms with van der Waals surface area (Å²) in [6.07, 6.45) is 2.38. The fourth-order valence-corrected chi connectivity index (χ4v) is 4.42. The Morgan fingerprint density at radius 1 is 0.964 bits per heavy atom. The molecule has 6 nitrogen and oxygen atoms in total. The maximum absolute atomic E-state index is 4.94. The predicted molar refractivity (Wildman–Crippen MR) is 112 cm³/mol. The molecule has 0 spiro atoms. The summed E-state index contributed by atoms with van der Waals surface area (Å²) in [5, 5.41) is 9.69. The molecule has 0 bridgehead atoms. The molecule has 0 fully saturated rings. The van der Waals surface area contributed by atoms with Crippen LogP contribution in [0, 0.1) is 0 Å². The zero-order valence-corrected chi connectivity index (χ0v) is 18.3. The quantitative estimate of drug-likeness (QED) is 0.767. The van der Waals surface area contributed by atoms with Crippen molar-refractivity contribution in [2.75, 3.05) is 26.7 Å². The van der Waals surface area contributed by atoms with E-state index in [1.54, 1.807) is 0 Å². The summed E-state index contributed by atoms with van der Waals surface area (Å²) < 4.78 is 4.43. The van der Waals surface area contributed by atoms with Crippen LogP contribution in [-0.4, -0.2) is 56.0 Å². The molecule has 4 rings (SSSR count). The van der Waals surface area contributed by atoms with E-state index in [0.717, 1.165) is 45.8 Å². The summed E-state index contributed by atoms with van der Waals surface area (Å²) in [5.41, 5.74) is 5.36. The summed E-state index contributed by atoms with van der Waals surface area (Å²) in [6.45, 7) is 16.6. The van der Waals surface area contributed by atoms with E-state index in [2.05, 4.69) is 66.0 Å². The lowest BCUT2D eigenvalue weighted by Crippen LogP contribution is -2.35. The Bertz CT molecular complexity index is 815. The van der Waals surface area contributed by atoms with Crippen LogP contribution < -0.4 is 0 Å². The zero-order valence-electron chi connectivity index (χ0n) is 18.3. The van der Waals surface area contributed by atoms with Gasteiger partial charge in [0.25, 0.3) is 0 Å². The highest BCUT2D eigenvalue weighted by Crippen LogP contribution is 2.29. The number of aromatic nitrogens is 4. The van der Waals surface area contributed by atoms with Crippen LogP contribution in [0.2, 0.25) is 0 Å². The first kappa shape index (κ1) is 19.6. The van der Waals surface area contributed by atoms with Gasteiger partial charge in [-0.05, 0) is 44.5 Å². The van der Waals surface area contributed by atoms with E-state index in [9.17, 15) is 0 Å². The third-order valence-corrected chi connectivity index (χ3v) is 6.45. The van der Waals surface area contributed by atoms with Crippen molar-refractivity contribution in [2.45, 2.75) is 78.0 Å². The smallest absolute Gasteiger partial charge is 0.0684 e. The summed E-state index contributed by atoms with van der Waals surface area (Å²) in [4.78, 5) is 4.96. The minimum absolute atomic E-state index is 0.130. The van der Waals surface area contributed by atoms with Gasteiger partial charge in [-0.2, -0.15) is 10.2 Å². The van der Waals surface area contributed by atoms with Crippen LogP contribution in [0.3, 0.4) is 0 Å². The molecule has 2 aliphatic rings. The molecule has 6 heteroatoms. The van der Waals surface area contributed by atoms with Crippen LogP contribution in [0.4, 0.5) is 0 Å². The van der Waals surface area contributed by atoms with Crippen molar-refractivity contribution in [3.63, 3.8) is 0 Å². The largest absolute Gasteiger partial charge is 0.299 e. The van der Waals surface area contributed by atoms with Gasteiger partial charge >= 0.3 is 0 Å². The number of hydrogen-bond donors (Lipinski definition) is 0. The Morgan fingerprint density at radius 2 is 1.68 bits per heavy atom. The molecule has 0 unspecified atom stereocenters. The number of nitrogens with zero attached hydrogens (tertiary/aromatic N) is 6. The van der Waals surface area contributed by atoms with E-state index in [4.69, 9.17) is 10.2 Å². The molecule has 0 radical (unpaired) electrons. The van der Waals surface area contributed by atoms with Gasteiger partial charge in [-0.15, -0.1) is 0 Å². The lowest BCUT2D eigenvalue weighted by molar-refractivity contribution is 0.203. The van der Waals surface area contributed by atoms with Crippen LogP contribution in [-0.2, 0) is 31.6 Å². The molecule has 0 amide bonds. The Balaban J connectivity index is 1.32. The average molecular weight is 385 g/mol. The van der Waals surface area contributed by atoms with E-state index >= 15 is 0 Å². The van der Waals surface area contributed by atoms with Crippen molar-refractivity contribution < 1.29 is 0 Å². The van der Waals surface area contributed by atoms with Gasteiger partial charge in [0.1, 0.15) is 0 Å². The van der Waals surface area contributed by atoms with Crippen molar-refractivity contribution in [1.82, 2.24) is 29.4 Å². The Morgan fingerprint density at radius 3 is 2.46 bits per heavy atom. The van der Waals surface area contributed by atoms with E-state index in [1.807, 2.05) is 0 Å². The average Bonchev–Trinajstić information content (AvgIpc) is 3.25. The third kappa shape index (κ3) is 4.03. The molecular formula is C22H36N6.